The van der Waals surface area contributed by atoms with E-state index in [2.05, 4.69) is 35.0 Å². The summed E-state index contributed by atoms with van der Waals surface area (Å²) in [5.41, 5.74) is 0. The van der Waals surface area contributed by atoms with Crippen molar-refractivity contribution in [3.05, 3.63) is 20.8 Å². The summed E-state index contributed by atoms with van der Waals surface area (Å²) in [6.45, 7) is 2.26. The van der Waals surface area contributed by atoms with Crippen LogP contribution in [-0.4, -0.2) is 0 Å². The molecule has 0 fully saturated rings. The molecule has 0 unspecified atom stereocenters. The van der Waals surface area contributed by atoms with Gasteiger partial charge in [0.05, 0.1) is 21.2 Å². The van der Waals surface area contributed by atoms with Crippen LogP contribution < -0.4 is 0 Å². The maximum Gasteiger partial charge on any atom is 0.0898 e. The van der Waals surface area contributed by atoms with E-state index in [9.17, 15) is 0 Å². The Labute approximate surface area is 135 Å². The van der Waals surface area contributed by atoms with Crippen molar-refractivity contribution >= 4 is 89.5 Å². The average molecular weight is 387 g/mol. The molecule has 0 spiro atoms. The molecule has 0 aliphatic rings. The maximum atomic E-state index is 3.60. The minimum Gasteiger partial charge on any atom is -0.129 e. The first-order chi connectivity index (χ1) is 9.26. The van der Waals surface area contributed by atoms with Crippen LogP contribution in [0.15, 0.2) is 15.9 Å². The van der Waals surface area contributed by atoms with Crippen LogP contribution in [0.1, 0.15) is 24.6 Å². The van der Waals surface area contributed by atoms with E-state index in [1.165, 1.54) is 51.2 Å². The Kier molecular flexibility index (Phi) is 3.23. The van der Waals surface area contributed by atoms with Gasteiger partial charge in [0, 0.05) is 15.6 Å². The summed E-state index contributed by atoms with van der Waals surface area (Å²) in [4.78, 5) is 1.56. The van der Waals surface area contributed by atoms with Crippen LogP contribution in [0.25, 0.3) is 28.2 Å². The smallest absolute Gasteiger partial charge is 0.0898 e. The van der Waals surface area contributed by atoms with E-state index >= 15 is 0 Å². The Hall–Kier alpha value is 0.0600. The van der Waals surface area contributed by atoms with Gasteiger partial charge >= 0.3 is 0 Å². The lowest BCUT2D eigenvalue weighted by Crippen LogP contribution is -1.76. The predicted octanol–water partition coefficient (Wildman–Crippen LogP) is 7.50. The first kappa shape index (κ1) is 12.8. The van der Waals surface area contributed by atoms with Crippen molar-refractivity contribution in [1.82, 2.24) is 0 Å². The van der Waals surface area contributed by atoms with Crippen LogP contribution in [-0.2, 0) is 6.42 Å². The van der Waals surface area contributed by atoms with Gasteiger partial charge in [0.15, 0.2) is 0 Å². The average Bonchev–Trinajstić information content (AvgIpc) is 3.05. The normalized spacial score (nSPS) is 12.3. The van der Waals surface area contributed by atoms with Crippen molar-refractivity contribution in [1.29, 1.82) is 0 Å². The van der Waals surface area contributed by atoms with E-state index in [0.29, 0.717) is 0 Å². The van der Waals surface area contributed by atoms with E-state index in [1.807, 2.05) is 45.3 Å². The van der Waals surface area contributed by atoms with Gasteiger partial charge in [-0.2, -0.15) is 0 Å². The van der Waals surface area contributed by atoms with Gasteiger partial charge in [-0.25, -0.2) is 0 Å². The van der Waals surface area contributed by atoms with E-state index in [-0.39, 0.29) is 0 Å². The van der Waals surface area contributed by atoms with Gasteiger partial charge in [-0.05, 0) is 40.9 Å². The number of hydrogen-bond acceptors (Lipinski definition) is 4. The molecule has 0 aromatic carbocycles. The maximum absolute atomic E-state index is 3.60. The second-order valence-electron chi connectivity index (χ2n) is 4.63. The summed E-state index contributed by atoms with van der Waals surface area (Å²) in [5, 5.41) is 2.95. The molecule has 0 saturated carbocycles. The first-order valence-corrected chi connectivity index (χ1v) is 10.3. The van der Waals surface area contributed by atoms with Crippen LogP contribution >= 0.6 is 61.3 Å². The SMILES string of the molecule is CCCCc1cc2c(s1)sc1c3cc(Br)sc3sc21. The Balaban J connectivity index is 1.92. The zero-order chi connectivity index (χ0) is 13.0. The fourth-order valence-corrected chi connectivity index (χ4v) is 8.73. The van der Waals surface area contributed by atoms with Crippen LogP contribution in [0, 0.1) is 0 Å². The van der Waals surface area contributed by atoms with Gasteiger partial charge < -0.3 is 0 Å². The number of rotatable bonds is 3. The van der Waals surface area contributed by atoms with Crippen molar-refractivity contribution in [3.63, 3.8) is 0 Å². The zero-order valence-corrected chi connectivity index (χ0v) is 15.1. The number of aryl methyl sites for hydroxylation is 1. The van der Waals surface area contributed by atoms with Crippen molar-refractivity contribution < 1.29 is 0 Å². The molecule has 0 atom stereocenters. The third kappa shape index (κ3) is 2.02. The molecule has 98 valence electrons. The molecule has 0 bridgehead atoms. The number of fused-ring (bicyclic) bond motifs is 5. The minimum absolute atomic E-state index is 1.25. The molecule has 0 radical (unpaired) electrons. The van der Waals surface area contributed by atoms with Crippen molar-refractivity contribution in [3.8, 4) is 0 Å². The molecule has 4 heterocycles. The standard InChI is InChI=1S/C14H11BrS4/c1-2-3-4-7-5-8-11-12(18-13(8)16-7)9-6-10(15)17-14(9)19-11/h5-6H,2-4H2,1H3. The molecule has 0 saturated heterocycles. The lowest BCUT2D eigenvalue weighted by molar-refractivity contribution is 0.804. The summed E-state index contributed by atoms with van der Waals surface area (Å²) in [7, 11) is 0. The molecule has 4 aromatic heterocycles. The van der Waals surface area contributed by atoms with Gasteiger partial charge in [0.2, 0.25) is 0 Å². The summed E-state index contributed by atoms with van der Waals surface area (Å²) >= 11 is 11.4. The Morgan fingerprint density at radius 2 is 1.63 bits per heavy atom. The lowest BCUT2D eigenvalue weighted by Gasteiger charge is -1.91. The molecule has 0 aliphatic carbocycles. The Bertz CT molecular complexity index is 874. The van der Waals surface area contributed by atoms with Crippen molar-refractivity contribution in [2.24, 2.45) is 0 Å². The largest absolute Gasteiger partial charge is 0.129 e. The molecular weight excluding hydrogens is 376 g/mol. The second kappa shape index (κ2) is 4.81. The third-order valence-corrected chi connectivity index (χ3v) is 8.90. The van der Waals surface area contributed by atoms with Crippen molar-refractivity contribution in [2.75, 3.05) is 0 Å². The molecular formula is C14H11BrS4. The molecule has 0 aliphatic heterocycles. The number of hydrogen-bond donors (Lipinski definition) is 0. The summed E-state index contributed by atoms with van der Waals surface area (Å²) in [6, 6.07) is 4.71. The van der Waals surface area contributed by atoms with Crippen LogP contribution in [0.3, 0.4) is 0 Å². The molecule has 19 heavy (non-hydrogen) atoms. The minimum atomic E-state index is 1.25. The third-order valence-electron chi connectivity index (χ3n) is 3.28. The number of unbranched alkanes of at least 4 members (excludes halogenated alkanes) is 1. The first-order valence-electron chi connectivity index (χ1n) is 6.29. The highest BCUT2D eigenvalue weighted by Gasteiger charge is 2.16. The van der Waals surface area contributed by atoms with Crippen LogP contribution in [0.4, 0.5) is 0 Å². The fourth-order valence-electron chi connectivity index (χ4n) is 2.34. The van der Waals surface area contributed by atoms with Gasteiger partial charge in [0.1, 0.15) is 0 Å². The molecule has 0 nitrogen and oxygen atoms in total. The predicted molar refractivity (Wildman–Crippen MR) is 96.8 cm³/mol. The highest BCUT2D eigenvalue weighted by molar-refractivity contribution is 9.11. The zero-order valence-electron chi connectivity index (χ0n) is 10.3. The van der Waals surface area contributed by atoms with E-state index in [1.54, 1.807) is 4.88 Å². The molecule has 4 aromatic rings. The van der Waals surface area contributed by atoms with Gasteiger partial charge in [-0.15, -0.1) is 45.3 Å². The van der Waals surface area contributed by atoms with Crippen molar-refractivity contribution in [2.45, 2.75) is 26.2 Å². The van der Waals surface area contributed by atoms with E-state index in [4.69, 9.17) is 0 Å². The van der Waals surface area contributed by atoms with Gasteiger partial charge in [0.25, 0.3) is 0 Å². The summed E-state index contributed by atoms with van der Waals surface area (Å²) in [6.07, 6.45) is 3.84. The topological polar surface area (TPSA) is 0 Å². The Morgan fingerprint density at radius 1 is 0.947 bits per heavy atom. The number of thiophene rings is 4. The second-order valence-corrected chi connectivity index (χ2v) is 10.8. The number of halogens is 1. The highest BCUT2D eigenvalue weighted by atomic mass is 79.9. The lowest BCUT2D eigenvalue weighted by atomic mass is 10.2. The summed E-state index contributed by atoms with van der Waals surface area (Å²) < 4.78 is 7.21. The monoisotopic (exact) mass is 386 g/mol. The molecule has 0 amide bonds. The van der Waals surface area contributed by atoms with Gasteiger partial charge in [-0.1, -0.05) is 13.3 Å². The van der Waals surface area contributed by atoms with E-state index in [0.717, 1.165) is 0 Å². The molecule has 0 N–H and O–H groups in total. The molecule has 5 heteroatoms. The quantitative estimate of drug-likeness (QED) is 0.341. The Morgan fingerprint density at radius 3 is 2.37 bits per heavy atom. The van der Waals surface area contributed by atoms with E-state index < -0.39 is 0 Å². The molecule has 4 rings (SSSR count). The fraction of sp³-hybridized carbons (Fsp3) is 0.286. The van der Waals surface area contributed by atoms with Gasteiger partial charge in [-0.3, -0.25) is 0 Å². The summed E-state index contributed by atoms with van der Waals surface area (Å²) in [5.74, 6) is 0. The highest BCUT2D eigenvalue weighted by Crippen LogP contribution is 2.49. The van der Waals surface area contributed by atoms with Crippen LogP contribution in [0.5, 0.6) is 0 Å². The van der Waals surface area contributed by atoms with Crippen LogP contribution in [0.2, 0.25) is 0 Å².